The molecule has 0 bridgehead atoms. The monoisotopic (exact) mass is 351 g/mol. The van der Waals surface area contributed by atoms with Crippen LogP contribution in [0, 0.1) is 0 Å². The summed E-state index contributed by atoms with van der Waals surface area (Å²) in [7, 11) is 0. The first-order chi connectivity index (χ1) is 12.6. The Kier molecular flexibility index (Phi) is 5.61. The van der Waals surface area contributed by atoms with Crippen molar-refractivity contribution < 1.29 is 14.3 Å². The van der Waals surface area contributed by atoms with Gasteiger partial charge in [0, 0.05) is 11.6 Å². The number of carbonyl (C=O) groups is 1. The second-order valence-corrected chi connectivity index (χ2v) is 6.52. The Hall–Kier alpha value is -2.75. The van der Waals surface area contributed by atoms with Crippen LogP contribution in [0.15, 0.2) is 60.8 Å². The molecule has 3 aromatic rings. The number of aromatic nitrogens is 1. The zero-order valence-electron chi connectivity index (χ0n) is 15.5. The van der Waals surface area contributed by atoms with Gasteiger partial charge in [-0.15, -0.1) is 0 Å². The summed E-state index contributed by atoms with van der Waals surface area (Å²) in [5.74, 6) is 0.597. The van der Waals surface area contributed by atoms with Gasteiger partial charge in [-0.2, -0.15) is 0 Å². The van der Waals surface area contributed by atoms with E-state index >= 15 is 0 Å². The Bertz CT molecular complexity index is 869. The Morgan fingerprint density at radius 2 is 1.81 bits per heavy atom. The van der Waals surface area contributed by atoms with Crippen molar-refractivity contribution in [2.24, 2.45) is 0 Å². The van der Waals surface area contributed by atoms with E-state index in [4.69, 9.17) is 9.47 Å². The van der Waals surface area contributed by atoms with Gasteiger partial charge in [-0.3, -0.25) is 0 Å². The maximum atomic E-state index is 12.4. The first-order valence-electron chi connectivity index (χ1n) is 9.07. The van der Waals surface area contributed by atoms with Gasteiger partial charge in [0.15, 0.2) is 0 Å². The van der Waals surface area contributed by atoms with Gasteiger partial charge in [0.25, 0.3) is 0 Å². The number of nitrogens with zero attached hydrogens (tertiary/aromatic N) is 1. The maximum absolute atomic E-state index is 12.4. The van der Waals surface area contributed by atoms with E-state index in [0.717, 1.165) is 28.6 Å². The first kappa shape index (κ1) is 18.1. The highest BCUT2D eigenvalue weighted by atomic mass is 16.5. The lowest BCUT2D eigenvalue weighted by atomic mass is 10.2. The van der Waals surface area contributed by atoms with Crippen LogP contribution in [0.3, 0.4) is 0 Å². The van der Waals surface area contributed by atoms with Gasteiger partial charge in [0.05, 0.1) is 11.6 Å². The quantitative estimate of drug-likeness (QED) is 0.555. The Balaban J connectivity index is 1.80. The van der Waals surface area contributed by atoms with E-state index in [2.05, 4.69) is 0 Å². The molecule has 1 aromatic heterocycles. The standard InChI is InChI=1S/C22H25NO3/c1-4-16(2)26-22(24)17(3)23-14-13-19-20(23)11-8-12-21(19)25-15-18-9-6-5-7-10-18/h5-14,16-17H,4,15H2,1-3H3. The molecule has 0 aliphatic carbocycles. The maximum Gasteiger partial charge on any atom is 0.329 e. The SMILES string of the molecule is CCC(C)OC(=O)C(C)n1ccc2c(OCc3ccccc3)cccc21. The summed E-state index contributed by atoms with van der Waals surface area (Å²) in [5, 5.41) is 0.992. The molecule has 26 heavy (non-hydrogen) atoms. The van der Waals surface area contributed by atoms with Crippen molar-refractivity contribution in [1.29, 1.82) is 0 Å². The molecule has 4 heteroatoms. The zero-order chi connectivity index (χ0) is 18.5. The summed E-state index contributed by atoms with van der Waals surface area (Å²) in [6.07, 6.45) is 2.65. The Morgan fingerprint density at radius 3 is 2.54 bits per heavy atom. The number of fused-ring (bicyclic) bond motifs is 1. The molecule has 0 saturated carbocycles. The van der Waals surface area contributed by atoms with Crippen molar-refractivity contribution in [1.82, 2.24) is 4.57 Å². The minimum absolute atomic E-state index is 0.0726. The summed E-state index contributed by atoms with van der Waals surface area (Å²) < 4.78 is 13.4. The van der Waals surface area contributed by atoms with Crippen molar-refractivity contribution in [3.63, 3.8) is 0 Å². The van der Waals surface area contributed by atoms with Gasteiger partial charge in [-0.25, -0.2) is 4.79 Å². The third-order valence-corrected chi connectivity index (χ3v) is 4.61. The number of esters is 1. The Morgan fingerprint density at radius 1 is 1.04 bits per heavy atom. The number of carbonyl (C=O) groups excluding carboxylic acids is 1. The van der Waals surface area contributed by atoms with E-state index in [1.807, 2.05) is 86.1 Å². The predicted molar refractivity (Wildman–Crippen MR) is 103 cm³/mol. The van der Waals surface area contributed by atoms with Crippen molar-refractivity contribution in [3.05, 3.63) is 66.4 Å². The number of hydrogen-bond acceptors (Lipinski definition) is 3. The fourth-order valence-corrected chi connectivity index (χ4v) is 2.85. The second-order valence-electron chi connectivity index (χ2n) is 6.52. The van der Waals surface area contributed by atoms with Crippen molar-refractivity contribution in [3.8, 4) is 5.75 Å². The van der Waals surface area contributed by atoms with Crippen LogP contribution >= 0.6 is 0 Å². The molecule has 0 N–H and O–H groups in total. The van der Waals surface area contributed by atoms with Gasteiger partial charge in [0.1, 0.15) is 18.4 Å². The highest BCUT2D eigenvalue weighted by molar-refractivity contribution is 5.88. The minimum Gasteiger partial charge on any atom is -0.488 e. The highest BCUT2D eigenvalue weighted by Gasteiger charge is 2.20. The largest absolute Gasteiger partial charge is 0.488 e. The normalized spacial score (nSPS) is 13.3. The summed E-state index contributed by atoms with van der Waals surface area (Å²) in [5.41, 5.74) is 2.08. The molecule has 1 heterocycles. The van der Waals surface area contributed by atoms with Crippen molar-refractivity contribution in [2.45, 2.75) is 45.9 Å². The number of hydrogen-bond donors (Lipinski definition) is 0. The van der Waals surface area contributed by atoms with Crippen LogP contribution < -0.4 is 4.74 Å². The smallest absolute Gasteiger partial charge is 0.329 e. The fraction of sp³-hybridized carbons (Fsp3) is 0.318. The van der Waals surface area contributed by atoms with Gasteiger partial charge < -0.3 is 14.0 Å². The molecule has 0 radical (unpaired) electrons. The molecule has 0 saturated heterocycles. The predicted octanol–water partition coefficient (Wildman–Crippen LogP) is 5.12. The molecule has 3 rings (SSSR count). The summed E-state index contributed by atoms with van der Waals surface area (Å²) >= 11 is 0. The molecule has 0 fully saturated rings. The molecular weight excluding hydrogens is 326 g/mol. The average Bonchev–Trinajstić information content (AvgIpc) is 3.11. The lowest BCUT2D eigenvalue weighted by Crippen LogP contribution is -2.22. The third kappa shape index (κ3) is 3.90. The highest BCUT2D eigenvalue weighted by Crippen LogP contribution is 2.29. The minimum atomic E-state index is -0.383. The van der Waals surface area contributed by atoms with Crippen LogP contribution in [0.2, 0.25) is 0 Å². The number of benzene rings is 2. The van der Waals surface area contributed by atoms with E-state index in [0.29, 0.717) is 6.61 Å². The molecule has 0 aliphatic heterocycles. The topological polar surface area (TPSA) is 40.5 Å². The molecular formula is C22H25NO3. The molecule has 136 valence electrons. The zero-order valence-corrected chi connectivity index (χ0v) is 15.5. The summed E-state index contributed by atoms with van der Waals surface area (Å²) in [6, 6.07) is 17.6. The molecule has 2 unspecified atom stereocenters. The van der Waals surface area contributed by atoms with E-state index < -0.39 is 0 Å². The molecule has 4 nitrogen and oxygen atoms in total. The summed E-state index contributed by atoms with van der Waals surface area (Å²) in [4.78, 5) is 12.4. The molecule has 2 atom stereocenters. The molecule has 2 aromatic carbocycles. The van der Waals surface area contributed by atoms with Gasteiger partial charge in [-0.1, -0.05) is 43.3 Å². The molecule has 0 spiro atoms. The number of ether oxygens (including phenoxy) is 2. The molecule has 0 amide bonds. The lowest BCUT2D eigenvalue weighted by molar-refractivity contribution is -0.151. The first-order valence-corrected chi connectivity index (χ1v) is 9.07. The van der Waals surface area contributed by atoms with Crippen LogP contribution in [-0.4, -0.2) is 16.6 Å². The lowest BCUT2D eigenvalue weighted by Gasteiger charge is -2.18. The van der Waals surface area contributed by atoms with E-state index in [1.165, 1.54) is 0 Å². The van der Waals surface area contributed by atoms with Gasteiger partial charge >= 0.3 is 5.97 Å². The van der Waals surface area contributed by atoms with E-state index in [9.17, 15) is 4.79 Å². The van der Waals surface area contributed by atoms with Crippen molar-refractivity contribution >= 4 is 16.9 Å². The fourth-order valence-electron chi connectivity index (χ4n) is 2.85. The van der Waals surface area contributed by atoms with Crippen LogP contribution in [-0.2, 0) is 16.1 Å². The van der Waals surface area contributed by atoms with Crippen LogP contribution in [0.5, 0.6) is 5.75 Å². The van der Waals surface area contributed by atoms with Gasteiger partial charge in [-0.05, 0) is 44.0 Å². The Labute approximate surface area is 154 Å². The average molecular weight is 351 g/mol. The second kappa shape index (κ2) is 8.09. The van der Waals surface area contributed by atoms with Crippen molar-refractivity contribution in [2.75, 3.05) is 0 Å². The van der Waals surface area contributed by atoms with E-state index in [-0.39, 0.29) is 18.1 Å². The van der Waals surface area contributed by atoms with E-state index in [1.54, 1.807) is 0 Å². The molecule has 0 aliphatic rings. The van der Waals surface area contributed by atoms with Gasteiger partial charge in [0.2, 0.25) is 0 Å². The third-order valence-electron chi connectivity index (χ3n) is 4.61. The van der Waals surface area contributed by atoms with Crippen LogP contribution in [0.4, 0.5) is 0 Å². The van der Waals surface area contributed by atoms with Crippen LogP contribution in [0.25, 0.3) is 10.9 Å². The van der Waals surface area contributed by atoms with Crippen LogP contribution in [0.1, 0.15) is 38.8 Å². The summed E-state index contributed by atoms with van der Waals surface area (Å²) in [6.45, 7) is 6.29. The number of rotatable bonds is 7.